The topological polar surface area (TPSA) is 103 Å². The maximum atomic E-state index is 11.0. The van der Waals surface area contributed by atoms with Crippen molar-refractivity contribution in [3.05, 3.63) is 50.0 Å². The summed E-state index contributed by atoms with van der Waals surface area (Å²) >= 11 is 1.40. The quantitative estimate of drug-likeness (QED) is 0.660. The molecule has 0 bridgehead atoms. The zero-order chi connectivity index (χ0) is 17.2. The molecule has 1 aromatic carbocycles. The molecule has 0 saturated heterocycles. The van der Waals surface area contributed by atoms with E-state index < -0.39 is 10.9 Å². The second-order valence-corrected chi connectivity index (χ2v) is 6.85. The minimum absolute atomic E-state index is 0.0463. The molecule has 1 aromatic heterocycles. The summed E-state index contributed by atoms with van der Waals surface area (Å²) in [6.45, 7) is 6.15. The van der Waals surface area contributed by atoms with Gasteiger partial charge in [-0.3, -0.25) is 10.1 Å². The highest BCUT2D eigenvalue weighted by atomic mass is 32.1. The van der Waals surface area contributed by atoms with E-state index in [0.717, 1.165) is 17.8 Å². The van der Waals surface area contributed by atoms with Crippen LogP contribution in [0.25, 0.3) is 0 Å². The second kappa shape index (κ2) is 6.33. The summed E-state index contributed by atoms with van der Waals surface area (Å²) in [4.78, 5) is 25.8. The number of carboxylic acid groups (broad SMARTS) is 1. The van der Waals surface area contributed by atoms with Gasteiger partial charge in [0.2, 0.25) is 0 Å². The highest BCUT2D eigenvalue weighted by Gasteiger charge is 2.20. The Morgan fingerprint density at radius 2 is 2.13 bits per heavy atom. The zero-order valence-electron chi connectivity index (χ0n) is 12.9. The van der Waals surface area contributed by atoms with Crippen LogP contribution in [0.15, 0.2) is 23.6 Å². The lowest BCUT2D eigenvalue weighted by atomic mass is 9.93. The van der Waals surface area contributed by atoms with Crippen LogP contribution < -0.4 is 4.74 Å². The molecule has 0 radical (unpaired) electrons. The largest absolute Gasteiger partial charge is 0.479 e. The molecule has 1 heterocycles. The molecule has 0 saturated carbocycles. The van der Waals surface area contributed by atoms with Gasteiger partial charge in [-0.1, -0.05) is 20.8 Å². The van der Waals surface area contributed by atoms with E-state index in [1.165, 1.54) is 17.4 Å². The molecule has 23 heavy (non-hydrogen) atoms. The number of aromatic carboxylic acids is 1. The fourth-order valence-electron chi connectivity index (χ4n) is 1.77. The lowest BCUT2D eigenvalue weighted by Crippen LogP contribution is -2.11. The van der Waals surface area contributed by atoms with Crippen LogP contribution in [0.5, 0.6) is 5.75 Å². The van der Waals surface area contributed by atoms with E-state index in [2.05, 4.69) is 4.98 Å². The van der Waals surface area contributed by atoms with Gasteiger partial charge in [-0.2, -0.15) is 0 Å². The summed E-state index contributed by atoms with van der Waals surface area (Å²) in [7, 11) is 0. The lowest BCUT2D eigenvalue weighted by Gasteiger charge is -2.14. The number of thiazole rings is 1. The van der Waals surface area contributed by atoms with E-state index >= 15 is 0 Å². The maximum Gasteiger partial charge on any atom is 0.335 e. The maximum absolute atomic E-state index is 11.0. The van der Waals surface area contributed by atoms with Crippen molar-refractivity contribution in [1.29, 1.82) is 0 Å². The number of carboxylic acids is 1. The number of benzene rings is 1. The highest BCUT2D eigenvalue weighted by Crippen LogP contribution is 2.30. The van der Waals surface area contributed by atoms with E-state index in [1.54, 1.807) is 0 Å². The zero-order valence-corrected chi connectivity index (χ0v) is 13.7. The molecule has 0 amide bonds. The summed E-state index contributed by atoms with van der Waals surface area (Å²) in [6.07, 6.45) is 0. The summed E-state index contributed by atoms with van der Waals surface area (Å²) in [5, 5.41) is 22.6. The van der Waals surface area contributed by atoms with E-state index in [0.29, 0.717) is 5.01 Å². The summed E-state index contributed by atoms with van der Waals surface area (Å²) in [5.41, 5.74) is 0.474. The second-order valence-electron chi connectivity index (χ2n) is 5.91. The van der Waals surface area contributed by atoms with Crippen molar-refractivity contribution in [3.8, 4) is 5.75 Å². The van der Waals surface area contributed by atoms with Crippen LogP contribution in [-0.4, -0.2) is 21.0 Å². The lowest BCUT2D eigenvalue weighted by molar-refractivity contribution is -0.385. The standard InChI is InChI=1S/C15H16N2O5S/c1-15(2,3)12-8-23-13(16-12)7-22-11-6-9(14(18)19)4-5-10(11)17(20)21/h4-6,8H,7H2,1-3H3,(H,18,19). The van der Waals surface area contributed by atoms with Gasteiger partial charge in [0, 0.05) is 22.9 Å². The van der Waals surface area contributed by atoms with Gasteiger partial charge in [0.15, 0.2) is 5.75 Å². The van der Waals surface area contributed by atoms with Crippen LogP contribution in [0, 0.1) is 10.1 Å². The Bertz CT molecular complexity index is 749. The molecular formula is C15H16N2O5S. The molecule has 0 aliphatic carbocycles. The van der Waals surface area contributed by atoms with Crippen molar-refractivity contribution in [3.63, 3.8) is 0 Å². The molecule has 1 N–H and O–H groups in total. The molecule has 0 unspecified atom stereocenters. The van der Waals surface area contributed by atoms with Crippen molar-refractivity contribution >= 4 is 23.0 Å². The molecule has 0 fully saturated rings. The number of hydrogen-bond acceptors (Lipinski definition) is 6. The third-order valence-electron chi connectivity index (χ3n) is 3.07. The molecular weight excluding hydrogens is 320 g/mol. The first-order valence-corrected chi connectivity index (χ1v) is 7.66. The van der Waals surface area contributed by atoms with Gasteiger partial charge in [-0.25, -0.2) is 9.78 Å². The number of rotatable bonds is 5. The van der Waals surface area contributed by atoms with Crippen molar-refractivity contribution in [2.24, 2.45) is 0 Å². The highest BCUT2D eigenvalue weighted by molar-refractivity contribution is 7.09. The van der Waals surface area contributed by atoms with Crippen LogP contribution in [0.2, 0.25) is 0 Å². The fourth-order valence-corrected chi connectivity index (χ4v) is 2.71. The van der Waals surface area contributed by atoms with E-state index in [-0.39, 0.29) is 29.0 Å². The van der Waals surface area contributed by atoms with Crippen molar-refractivity contribution in [2.75, 3.05) is 0 Å². The minimum Gasteiger partial charge on any atom is -0.479 e. The Morgan fingerprint density at radius 1 is 1.43 bits per heavy atom. The molecule has 8 heteroatoms. The van der Waals surface area contributed by atoms with Gasteiger partial charge in [0.05, 0.1) is 16.2 Å². The minimum atomic E-state index is -1.17. The van der Waals surface area contributed by atoms with Gasteiger partial charge < -0.3 is 9.84 Å². The smallest absolute Gasteiger partial charge is 0.335 e. The molecule has 0 aliphatic rings. The first-order chi connectivity index (χ1) is 10.7. The normalized spacial score (nSPS) is 11.3. The number of aromatic nitrogens is 1. The molecule has 2 aromatic rings. The SMILES string of the molecule is CC(C)(C)c1csc(COc2cc(C(=O)O)ccc2[N+](=O)[O-])n1. The van der Waals surface area contributed by atoms with E-state index in [1.807, 2.05) is 26.2 Å². The monoisotopic (exact) mass is 336 g/mol. The average molecular weight is 336 g/mol. The molecule has 122 valence electrons. The van der Waals surface area contributed by atoms with Crippen LogP contribution in [-0.2, 0) is 12.0 Å². The van der Waals surface area contributed by atoms with Crippen molar-refractivity contribution in [2.45, 2.75) is 32.8 Å². The first kappa shape index (κ1) is 16.9. The molecule has 7 nitrogen and oxygen atoms in total. The van der Waals surface area contributed by atoms with Gasteiger partial charge >= 0.3 is 11.7 Å². The Hall–Kier alpha value is -2.48. The Morgan fingerprint density at radius 3 is 2.65 bits per heavy atom. The first-order valence-electron chi connectivity index (χ1n) is 6.78. The van der Waals surface area contributed by atoms with Crippen LogP contribution >= 0.6 is 11.3 Å². The van der Waals surface area contributed by atoms with Gasteiger partial charge in [0.25, 0.3) is 0 Å². The summed E-state index contributed by atoms with van der Waals surface area (Å²) < 4.78 is 5.44. The van der Waals surface area contributed by atoms with Gasteiger partial charge in [-0.15, -0.1) is 11.3 Å². The number of hydrogen-bond donors (Lipinski definition) is 1. The van der Waals surface area contributed by atoms with E-state index in [9.17, 15) is 14.9 Å². The molecule has 0 spiro atoms. The number of nitro benzene ring substituents is 1. The Balaban J connectivity index is 2.22. The molecule has 0 aliphatic heterocycles. The summed E-state index contributed by atoms with van der Waals surface area (Å²) in [6, 6.07) is 3.45. The summed E-state index contributed by atoms with van der Waals surface area (Å²) in [5.74, 6) is -1.25. The Kier molecular flexibility index (Phi) is 4.65. The van der Waals surface area contributed by atoms with Gasteiger partial charge in [0.1, 0.15) is 11.6 Å². The predicted octanol–water partition coefficient (Wildman–Crippen LogP) is 3.63. The average Bonchev–Trinajstić information content (AvgIpc) is 2.93. The number of carbonyl (C=O) groups is 1. The number of ether oxygens (including phenoxy) is 1. The van der Waals surface area contributed by atoms with Crippen molar-refractivity contribution < 1.29 is 19.6 Å². The number of nitrogens with zero attached hydrogens (tertiary/aromatic N) is 2. The molecule has 2 rings (SSSR count). The number of nitro groups is 1. The van der Waals surface area contributed by atoms with Gasteiger partial charge in [-0.05, 0) is 6.07 Å². The third-order valence-corrected chi connectivity index (χ3v) is 3.90. The molecule has 0 atom stereocenters. The van der Waals surface area contributed by atoms with E-state index in [4.69, 9.17) is 9.84 Å². The predicted molar refractivity (Wildman–Crippen MR) is 85.2 cm³/mol. The van der Waals surface area contributed by atoms with Crippen LogP contribution in [0.3, 0.4) is 0 Å². The Labute approximate surface area is 136 Å². The fraction of sp³-hybridized carbons (Fsp3) is 0.333. The van der Waals surface area contributed by atoms with Crippen LogP contribution in [0.4, 0.5) is 5.69 Å². The van der Waals surface area contributed by atoms with Crippen LogP contribution in [0.1, 0.15) is 41.8 Å². The third kappa shape index (κ3) is 4.04. The van der Waals surface area contributed by atoms with Crippen molar-refractivity contribution in [1.82, 2.24) is 4.98 Å².